The zero-order valence-electron chi connectivity index (χ0n) is 13.4. The first-order chi connectivity index (χ1) is 12.1. The Morgan fingerprint density at radius 1 is 1.20 bits per heavy atom. The average molecular weight is 346 g/mol. The molecule has 0 unspecified atom stereocenters. The third-order valence-corrected chi connectivity index (χ3v) is 4.82. The smallest absolute Gasteiger partial charge is 0.174 e. The molecule has 0 bridgehead atoms. The van der Waals surface area contributed by atoms with Crippen molar-refractivity contribution in [2.45, 2.75) is 12.5 Å². The number of rotatable bonds is 2. The van der Waals surface area contributed by atoms with Crippen LogP contribution in [0, 0.1) is 11.8 Å². The number of hydrogen-bond acceptors (Lipinski definition) is 5. The molecule has 0 amide bonds. The summed E-state index contributed by atoms with van der Waals surface area (Å²) in [5.74, 6) is 5.97. The maximum Gasteiger partial charge on any atom is 0.174 e. The van der Waals surface area contributed by atoms with Gasteiger partial charge in [0.05, 0.1) is 5.69 Å². The van der Waals surface area contributed by atoms with Crippen LogP contribution in [0.4, 0.5) is 0 Å². The molecule has 6 heteroatoms. The van der Waals surface area contributed by atoms with Crippen molar-refractivity contribution in [3.63, 3.8) is 0 Å². The number of nitrogens with zero attached hydrogens (tertiary/aromatic N) is 3. The van der Waals surface area contributed by atoms with E-state index in [-0.39, 0.29) is 0 Å². The SMILES string of the molecule is C[C@@](O)(C#Cc1ccc2[nH]cc(-c3ccncn3)c2c1)c1nccs1. The van der Waals surface area contributed by atoms with Crippen LogP contribution in [0.15, 0.2) is 54.6 Å². The molecule has 0 saturated carbocycles. The van der Waals surface area contributed by atoms with Crippen LogP contribution in [0.2, 0.25) is 0 Å². The van der Waals surface area contributed by atoms with Gasteiger partial charge in [-0.05, 0) is 31.2 Å². The normalized spacial score (nSPS) is 13.2. The number of aromatic amines is 1. The van der Waals surface area contributed by atoms with Crippen molar-refractivity contribution in [1.82, 2.24) is 19.9 Å². The van der Waals surface area contributed by atoms with Gasteiger partial charge in [0.25, 0.3) is 0 Å². The standard InChI is InChI=1S/C19H14N4OS/c1-19(24,18-21-8-9-25-18)6-4-13-2-3-16-14(10-13)15(11-22-16)17-5-7-20-12-23-17/h2-3,5,7-12,22,24H,1H3/t19-/m1/s1. The Balaban J connectivity index is 1.74. The highest BCUT2D eigenvalue weighted by Gasteiger charge is 2.22. The first-order valence-corrected chi connectivity index (χ1v) is 8.54. The summed E-state index contributed by atoms with van der Waals surface area (Å²) < 4.78 is 0. The lowest BCUT2D eigenvalue weighted by molar-refractivity contribution is 0.122. The Hall–Kier alpha value is -3.01. The molecule has 0 aliphatic rings. The van der Waals surface area contributed by atoms with Gasteiger partial charge in [-0.3, -0.25) is 0 Å². The third kappa shape index (κ3) is 3.03. The van der Waals surface area contributed by atoms with Crippen LogP contribution in [0.25, 0.3) is 22.2 Å². The van der Waals surface area contributed by atoms with Crippen molar-refractivity contribution >= 4 is 22.2 Å². The molecule has 25 heavy (non-hydrogen) atoms. The Kier molecular flexibility index (Phi) is 3.80. The summed E-state index contributed by atoms with van der Waals surface area (Å²) in [6.07, 6.45) is 6.84. The number of aromatic nitrogens is 4. The monoisotopic (exact) mass is 346 g/mol. The van der Waals surface area contributed by atoms with Gasteiger partial charge >= 0.3 is 0 Å². The number of nitrogens with one attached hydrogen (secondary N) is 1. The molecule has 122 valence electrons. The molecule has 1 atom stereocenters. The number of fused-ring (bicyclic) bond motifs is 1. The summed E-state index contributed by atoms with van der Waals surface area (Å²) >= 11 is 1.39. The van der Waals surface area contributed by atoms with Crippen LogP contribution in [-0.4, -0.2) is 25.0 Å². The second kappa shape index (κ2) is 6.13. The molecular weight excluding hydrogens is 332 g/mol. The summed E-state index contributed by atoms with van der Waals surface area (Å²) in [6, 6.07) is 7.76. The fourth-order valence-corrected chi connectivity index (χ4v) is 3.22. The van der Waals surface area contributed by atoms with Gasteiger partial charge < -0.3 is 10.1 Å². The molecule has 0 saturated heterocycles. The Morgan fingerprint density at radius 3 is 2.88 bits per heavy atom. The van der Waals surface area contributed by atoms with Gasteiger partial charge in [0.1, 0.15) is 11.3 Å². The van der Waals surface area contributed by atoms with Gasteiger partial charge in [-0.25, -0.2) is 15.0 Å². The first-order valence-electron chi connectivity index (χ1n) is 7.66. The minimum atomic E-state index is -1.27. The molecule has 0 spiro atoms. The van der Waals surface area contributed by atoms with Gasteiger partial charge in [0, 0.05) is 46.0 Å². The molecule has 3 heterocycles. The van der Waals surface area contributed by atoms with E-state index in [0.717, 1.165) is 27.7 Å². The number of H-pyrrole nitrogens is 1. The van der Waals surface area contributed by atoms with E-state index in [2.05, 4.69) is 31.8 Å². The zero-order chi connectivity index (χ0) is 17.3. The maximum absolute atomic E-state index is 10.5. The van der Waals surface area contributed by atoms with Crippen LogP contribution in [0.5, 0.6) is 0 Å². The van der Waals surface area contributed by atoms with Crippen LogP contribution in [-0.2, 0) is 5.60 Å². The van der Waals surface area contributed by atoms with Gasteiger partial charge in [0.2, 0.25) is 0 Å². The quantitative estimate of drug-likeness (QED) is 0.546. The van der Waals surface area contributed by atoms with E-state index in [1.54, 1.807) is 19.3 Å². The molecule has 2 N–H and O–H groups in total. The van der Waals surface area contributed by atoms with Crippen LogP contribution in [0.3, 0.4) is 0 Å². The van der Waals surface area contributed by atoms with Gasteiger partial charge in [-0.15, -0.1) is 11.3 Å². The van der Waals surface area contributed by atoms with Crippen molar-refractivity contribution in [2.24, 2.45) is 0 Å². The second-order valence-electron chi connectivity index (χ2n) is 5.72. The van der Waals surface area contributed by atoms with Gasteiger partial charge in [-0.2, -0.15) is 0 Å². The molecule has 3 aromatic heterocycles. The lowest BCUT2D eigenvalue weighted by Crippen LogP contribution is -2.17. The van der Waals surface area contributed by atoms with E-state index < -0.39 is 5.60 Å². The van der Waals surface area contributed by atoms with Crippen LogP contribution in [0.1, 0.15) is 17.5 Å². The van der Waals surface area contributed by atoms with Crippen LogP contribution >= 0.6 is 11.3 Å². The van der Waals surface area contributed by atoms with E-state index in [4.69, 9.17) is 0 Å². The fourth-order valence-electron chi connectivity index (χ4n) is 2.57. The summed E-state index contributed by atoms with van der Waals surface area (Å²) in [5, 5.41) is 13.9. The molecule has 0 aliphatic carbocycles. The van der Waals surface area contributed by atoms with Crippen molar-refractivity contribution in [1.29, 1.82) is 0 Å². The summed E-state index contributed by atoms with van der Waals surface area (Å²) in [7, 11) is 0. The highest BCUT2D eigenvalue weighted by molar-refractivity contribution is 7.09. The van der Waals surface area contributed by atoms with Crippen molar-refractivity contribution in [3.05, 3.63) is 65.1 Å². The predicted octanol–water partition coefficient (Wildman–Crippen LogP) is 3.34. The minimum absolute atomic E-state index is 0.587. The van der Waals surface area contributed by atoms with E-state index in [1.807, 2.05) is 35.8 Å². The molecule has 5 nitrogen and oxygen atoms in total. The third-order valence-electron chi connectivity index (χ3n) is 3.84. The number of aliphatic hydroxyl groups is 1. The predicted molar refractivity (Wildman–Crippen MR) is 97.9 cm³/mol. The Morgan fingerprint density at radius 2 is 2.12 bits per heavy atom. The first kappa shape index (κ1) is 15.5. The minimum Gasteiger partial charge on any atom is -0.371 e. The van der Waals surface area contributed by atoms with Crippen molar-refractivity contribution < 1.29 is 5.11 Å². The lowest BCUT2D eigenvalue weighted by atomic mass is 10.1. The average Bonchev–Trinajstić information content (AvgIpc) is 3.31. The molecule has 0 radical (unpaired) electrons. The van der Waals surface area contributed by atoms with Crippen molar-refractivity contribution in [3.8, 4) is 23.1 Å². The van der Waals surface area contributed by atoms with E-state index >= 15 is 0 Å². The molecule has 0 fully saturated rings. The summed E-state index contributed by atoms with van der Waals surface area (Å²) in [6.45, 7) is 1.65. The molecule has 1 aromatic carbocycles. The van der Waals surface area contributed by atoms with E-state index in [9.17, 15) is 5.11 Å². The molecular formula is C19H14N4OS. The summed E-state index contributed by atoms with van der Waals surface area (Å²) in [4.78, 5) is 15.6. The fraction of sp³-hybridized carbons (Fsp3) is 0.105. The number of hydrogen-bond donors (Lipinski definition) is 2. The second-order valence-corrected chi connectivity index (χ2v) is 6.61. The van der Waals surface area contributed by atoms with E-state index in [0.29, 0.717) is 5.01 Å². The van der Waals surface area contributed by atoms with Crippen LogP contribution < -0.4 is 0 Å². The van der Waals surface area contributed by atoms with E-state index in [1.165, 1.54) is 17.7 Å². The Bertz CT molecular complexity index is 1070. The number of benzene rings is 1. The largest absolute Gasteiger partial charge is 0.371 e. The van der Waals surface area contributed by atoms with Crippen molar-refractivity contribution in [2.75, 3.05) is 0 Å². The lowest BCUT2D eigenvalue weighted by Gasteiger charge is -2.11. The molecule has 4 rings (SSSR count). The zero-order valence-corrected chi connectivity index (χ0v) is 14.2. The molecule has 0 aliphatic heterocycles. The summed E-state index contributed by atoms with van der Waals surface area (Å²) in [5.41, 5.74) is 2.40. The highest BCUT2D eigenvalue weighted by atomic mass is 32.1. The number of thiazole rings is 1. The highest BCUT2D eigenvalue weighted by Crippen LogP contribution is 2.28. The van der Waals surface area contributed by atoms with Gasteiger partial charge in [0.15, 0.2) is 5.60 Å². The maximum atomic E-state index is 10.5. The topological polar surface area (TPSA) is 74.7 Å². The molecule has 4 aromatic rings. The van der Waals surface area contributed by atoms with Gasteiger partial charge in [-0.1, -0.05) is 11.8 Å². The Labute approximate surface area is 148 Å².